The van der Waals surface area contributed by atoms with Gasteiger partial charge in [0.15, 0.2) is 5.79 Å². The first-order valence-corrected chi connectivity index (χ1v) is 8.64. The van der Waals surface area contributed by atoms with Crippen LogP contribution in [0.1, 0.15) is 61.1 Å². The van der Waals surface area contributed by atoms with Crippen LogP contribution in [-0.4, -0.2) is 43.4 Å². The molecule has 8 nitrogen and oxygen atoms in total. The molecular weight excluding hydrogens is 328 g/mol. The van der Waals surface area contributed by atoms with Crippen molar-refractivity contribution in [2.75, 3.05) is 6.61 Å². The number of hydrogen-bond donors (Lipinski definition) is 4. The summed E-state index contributed by atoms with van der Waals surface area (Å²) in [6.07, 6.45) is 1.47. The summed E-state index contributed by atoms with van der Waals surface area (Å²) >= 11 is 0. The van der Waals surface area contributed by atoms with Gasteiger partial charge in [0.2, 0.25) is 0 Å². The van der Waals surface area contributed by atoms with Crippen LogP contribution >= 0.6 is 0 Å². The molecule has 1 aromatic rings. The minimum absolute atomic E-state index is 0.0566. The highest BCUT2D eigenvalue weighted by atomic mass is 16.5. The molecule has 0 amide bonds. The van der Waals surface area contributed by atoms with Crippen molar-refractivity contribution in [3.8, 4) is 0 Å². The van der Waals surface area contributed by atoms with Crippen molar-refractivity contribution in [3.05, 3.63) is 33.1 Å². The molecule has 8 heteroatoms. The molecule has 1 aromatic heterocycles. The van der Waals surface area contributed by atoms with E-state index in [0.717, 1.165) is 0 Å². The molecule has 148 valence electrons. The highest BCUT2D eigenvalue weighted by Crippen LogP contribution is 2.32. The van der Waals surface area contributed by atoms with Gasteiger partial charge in [0.1, 0.15) is 6.23 Å². The Hall–Kier alpha value is -1.48. The van der Waals surface area contributed by atoms with E-state index in [0.29, 0.717) is 6.42 Å². The second kappa shape index (κ2) is 12.8. The molecule has 0 aromatic carbocycles. The van der Waals surface area contributed by atoms with Gasteiger partial charge in [-0.05, 0) is 20.3 Å². The van der Waals surface area contributed by atoms with Gasteiger partial charge in [-0.1, -0.05) is 34.6 Å². The lowest BCUT2D eigenvalue weighted by Crippen LogP contribution is -2.33. The summed E-state index contributed by atoms with van der Waals surface area (Å²) in [7, 11) is 0. The van der Waals surface area contributed by atoms with Crippen LogP contribution in [0.15, 0.2) is 21.9 Å². The predicted molar refractivity (Wildman–Crippen MR) is 97.3 cm³/mol. The van der Waals surface area contributed by atoms with E-state index in [1.807, 2.05) is 34.6 Å². The molecule has 0 radical (unpaired) electrons. The fourth-order valence-corrected chi connectivity index (χ4v) is 2.00. The van der Waals surface area contributed by atoms with Crippen LogP contribution in [0.25, 0.3) is 0 Å². The van der Waals surface area contributed by atoms with Crippen molar-refractivity contribution in [1.29, 1.82) is 0 Å². The van der Waals surface area contributed by atoms with Crippen molar-refractivity contribution in [2.45, 2.75) is 73.0 Å². The van der Waals surface area contributed by atoms with Gasteiger partial charge in [0, 0.05) is 18.2 Å². The maximum absolute atomic E-state index is 11.5. The first kappa shape index (κ1) is 25.8. The molecule has 1 aliphatic rings. The normalized spacial score (nSPS) is 21.8. The number of ether oxygens (including phenoxy) is 1. The molecule has 1 saturated heterocycles. The molecule has 2 rings (SSSR count). The van der Waals surface area contributed by atoms with Crippen molar-refractivity contribution in [1.82, 2.24) is 9.55 Å². The maximum Gasteiger partial charge on any atom is 0.330 e. The second-order valence-electron chi connectivity index (χ2n) is 5.56. The van der Waals surface area contributed by atoms with Crippen molar-refractivity contribution in [2.24, 2.45) is 5.92 Å². The lowest BCUT2D eigenvalue weighted by Gasteiger charge is -2.17. The van der Waals surface area contributed by atoms with E-state index in [1.54, 1.807) is 0 Å². The number of aliphatic hydroxyl groups is 3. The summed E-state index contributed by atoms with van der Waals surface area (Å²) in [5, 5.41) is 25.1. The number of H-pyrrole nitrogens is 1. The average molecular weight is 362 g/mol. The molecular formula is C17H34N2O6. The summed E-state index contributed by atoms with van der Waals surface area (Å²) in [4.78, 5) is 24.6. The van der Waals surface area contributed by atoms with Crippen LogP contribution < -0.4 is 11.2 Å². The molecule has 0 saturated carbocycles. The predicted octanol–water partition coefficient (Wildman–Crippen LogP) is 1.21. The Balaban J connectivity index is 0. The van der Waals surface area contributed by atoms with Crippen LogP contribution in [0.2, 0.25) is 0 Å². The number of aromatic amines is 1. The number of aliphatic hydroxyl groups excluding tert-OH is 1. The van der Waals surface area contributed by atoms with Gasteiger partial charge >= 0.3 is 5.69 Å². The fraction of sp³-hybridized carbons (Fsp3) is 0.765. The van der Waals surface area contributed by atoms with Gasteiger partial charge in [-0.25, -0.2) is 4.79 Å². The van der Waals surface area contributed by atoms with Crippen molar-refractivity contribution in [3.63, 3.8) is 0 Å². The van der Waals surface area contributed by atoms with E-state index in [4.69, 9.17) is 20.1 Å². The van der Waals surface area contributed by atoms with Crippen LogP contribution in [0.3, 0.4) is 0 Å². The minimum Gasteiger partial charge on any atom is -0.394 e. The van der Waals surface area contributed by atoms with Crippen LogP contribution in [-0.2, 0) is 4.74 Å². The standard InChI is InChI=1S/C10H14N2O4.C3H8O2.2C2H6/c1-6-4-7(5-13)16-9(6)12-3-2-8(14)11-10(12)15;1-3(2,4)5;2*1-2/h2-3,6-7,9,13H,4-5H2,1H3,(H,11,14,15);4-5H,1-2H3;2*1-2H3. The maximum atomic E-state index is 11.5. The molecule has 25 heavy (non-hydrogen) atoms. The Morgan fingerprint density at radius 3 is 2.08 bits per heavy atom. The number of nitrogens with zero attached hydrogens (tertiary/aromatic N) is 1. The lowest BCUT2D eigenvalue weighted by atomic mass is 10.1. The van der Waals surface area contributed by atoms with E-state index in [9.17, 15) is 9.59 Å². The molecule has 1 fully saturated rings. The highest BCUT2D eigenvalue weighted by Gasteiger charge is 2.33. The number of rotatable bonds is 2. The topological polar surface area (TPSA) is 125 Å². The summed E-state index contributed by atoms with van der Waals surface area (Å²) < 4.78 is 6.87. The Morgan fingerprint density at radius 1 is 1.24 bits per heavy atom. The van der Waals surface area contributed by atoms with Gasteiger partial charge in [0.25, 0.3) is 5.56 Å². The third-order valence-corrected chi connectivity index (χ3v) is 2.78. The van der Waals surface area contributed by atoms with Crippen LogP contribution in [0.4, 0.5) is 0 Å². The summed E-state index contributed by atoms with van der Waals surface area (Å²) in [6.45, 7) is 12.5. The number of nitrogens with one attached hydrogen (secondary N) is 1. The Bertz CT molecular complexity index is 555. The first-order chi connectivity index (χ1) is 11.6. The molecule has 4 N–H and O–H groups in total. The first-order valence-electron chi connectivity index (χ1n) is 8.64. The molecule has 0 aliphatic carbocycles. The number of hydrogen-bond acceptors (Lipinski definition) is 6. The van der Waals surface area contributed by atoms with Gasteiger partial charge < -0.3 is 20.1 Å². The van der Waals surface area contributed by atoms with E-state index < -0.39 is 23.3 Å². The summed E-state index contributed by atoms with van der Waals surface area (Å²) in [5.41, 5.74) is -0.909. The smallest absolute Gasteiger partial charge is 0.330 e. The molecule has 2 heterocycles. The molecule has 0 spiro atoms. The Morgan fingerprint density at radius 2 is 1.72 bits per heavy atom. The van der Waals surface area contributed by atoms with Gasteiger partial charge in [-0.15, -0.1) is 0 Å². The third kappa shape index (κ3) is 10.9. The fourth-order valence-electron chi connectivity index (χ4n) is 2.00. The second-order valence-corrected chi connectivity index (χ2v) is 5.56. The van der Waals surface area contributed by atoms with Crippen molar-refractivity contribution >= 4 is 0 Å². The van der Waals surface area contributed by atoms with Crippen molar-refractivity contribution < 1.29 is 20.1 Å². The zero-order chi connectivity index (χ0) is 20.2. The van der Waals surface area contributed by atoms with E-state index in [1.165, 1.54) is 30.7 Å². The third-order valence-electron chi connectivity index (χ3n) is 2.78. The number of aromatic nitrogens is 2. The molecule has 1 aliphatic heterocycles. The van der Waals surface area contributed by atoms with Gasteiger partial charge in [-0.3, -0.25) is 14.3 Å². The zero-order valence-corrected chi connectivity index (χ0v) is 16.3. The monoisotopic (exact) mass is 362 g/mol. The van der Waals surface area contributed by atoms with E-state index in [2.05, 4.69) is 4.98 Å². The Labute approximate surface area is 149 Å². The highest BCUT2D eigenvalue weighted by molar-refractivity contribution is 4.87. The van der Waals surface area contributed by atoms with E-state index in [-0.39, 0.29) is 18.6 Å². The summed E-state index contributed by atoms with van der Waals surface area (Å²) in [5.74, 6) is -1.37. The molecule has 3 atom stereocenters. The zero-order valence-electron chi connectivity index (χ0n) is 16.3. The molecule has 3 unspecified atom stereocenters. The van der Waals surface area contributed by atoms with Crippen LogP contribution in [0.5, 0.6) is 0 Å². The summed E-state index contributed by atoms with van der Waals surface area (Å²) in [6, 6.07) is 1.28. The average Bonchev–Trinajstić information content (AvgIpc) is 2.91. The van der Waals surface area contributed by atoms with Crippen LogP contribution in [0, 0.1) is 5.92 Å². The quantitative estimate of drug-likeness (QED) is 0.586. The van der Waals surface area contributed by atoms with E-state index >= 15 is 0 Å². The Kier molecular flexibility index (Phi) is 13.2. The molecule has 0 bridgehead atoms. The largest absolute Gasteiger partial charge is 0.394 e. The lowest BCUT2D eigenvalue weighted by molar-refractivity contribution is -0.127. The van der Waals surface area contributed by atoms with Gasteiger partial charge in [-0.2, -0.15) is 0 Å². The SMILES string of the molecule is CC.CC.CC(C)(O)O.CC1CC(CO)OC1n1ccc(=O)[nH]c1=O. The minimum atomic E-state index is -1.50. The van der Waals surface area contributed by atoms with Gasteiger partial charge in [0.05, 0.1) is 12.7 Å².